The van der Waals surface area contributed by atoms with Crippen molar-refractivity contribution in [3.05, 3.63) is 0 Å². The van der Waals surface area contributed by atoms with Gasteiger partial charge in [-0.2, -0.15) is 0 Å². The minimum absolute atomic E-state index is 0.0978. The summed E-state index contributed by atoms with van der Waals surface area (Å²) in [6, 6.07) is 0.602. The second-order valence-electron chi connectivity index (χ2n) is 5.24. The van der Waals surface area contributed by atoms with E-state index in [1.165, 1.54) is 44.9 Å². The smallest absolute Gasteiger partial charge is 0.239 e. The quantitative estimate of drug-likeness (QED) is 0.777. The van der Waals surface area contributed by atoms with Crippen molar-refractivity contribution in [3.63, 3.8) is 0 Å². The average molecular weight is 224 g/mol. The Labute approximate surface area is 98.6 Å². The zero-order chi connectivity index (χ0) is 11.4. The highest BCUT2D eigenvalue weighted by molar-refractivity contribution is 5.82. The molecule has 0 unspecified atom stereocenters. The van der Waals surface area contributed by atoms with E-state index in [1.54, 1.807) is 0 Å². The van der Waals surface area contributed by atoms with E-state index in [0.29, 0.717) is 11.9 Å². The number of piperidine rings is 1. The van der Waals surface area contributed by atoms with Gasteiger partial charge < -0.3 is 10.2 Å². The SMILES string of the molecule is CN(C(=O)[C@H]1CCCCN1)C1CCCCC1. The molecule has 1 aliphatic carbocycles. The van der Waals surface area contributed by atoms with Gasteiger partial charge in [-0.25, -0.2) is 0 Å². The van der Waals surface area contributed by atoms with E-state index in [0.717, 1.165) is 13.0 Å². The molecule has 1 N–H and O–H groups in total. The summed E-state index contributed by atoms with van der Waals surface area (Å²) in [5.41, 5.74) is 0. The third-order valence-electron chi connectivity index (χ3n) is 4.08. The van der Waals surface area contributed by atoms with E-state index in [9.17, 15) is 4.79 Å². The van der Waals surface area contributed by atoms with Crippen LogP contribution >= 0.6 is 0 Å². The number of hydrogen-bond donors (Lipinski definition) is 1. The van der Waals surface area contributed by atoms with Crippen LogP contribution in [0.1, 0.15) is 51.4 Å². The third-order valence-corrected chi connectivity index (χ3v) is 4.08. The molecule has 2 aliphatic rings. The minimum Gasteiger partial charge on any atom is -0.341 e. The van der Waals surface area contributed by atoms with Crippen molar-refractivity contribution < 1.29 is 4.79 Å². The summed E-state index contributed by atoms with van der Waals surface area (Å²) >= 11 is 0. The molecule has 1 saturated carbocycles. The first-order valence-electron chi connectivity index (χ1n) is 6.79. The van der Waals surface area contributed by atoms with Gasteiger partial charge in [0, 0.05) is 13.1 Å². The number of carbonyl (C=O) groups excluding carboxylic acids is 1. The van der Waals surface area contributed by atoms with Gasteiger partial charge in [0.15, 0.2) is 0 Å². The fourth-order valence-corrected chi connectivity index (χ4v) is 2.96. The molecule has 1 heterocycles. The van der Waals surface area contributed by atoms with Crippen LogP contribution in [-0.4, -0.2) is 36.5 Å². The van der Waals surface area contributed by atoms with Crippen molar-refractivity contribution in [1.82, 2.24) is 10.2 Å². The van der Waals surface area contributed by atoms with Crippen molar-refractivity contribution in [1.29, 1.82) is 0 Å². The van der Waals surface area contributed by atoms with Gasteiger partial charge >= 0.3 is 0 Å². The molecule has 2 fully saturated rings. The molecule has 1 saturated heterocycles. The Morgan fingerprint density at radius 2 is 1.75 bits per heavy atom. The van der Waals surface area contributed by atoms with Crippen LogP contribution in [0.2, 0.25) is 0 Å². The number of carbonyl (C=O) groups is 1. The van der Waals surface area contributed by atoms with Gasteiger partial charge in [-0.1, -0.05) is 25.7 Å². The summed E-state index contributed by atoms with van der Waals surface area (Å²) in [6.07, 6.45) is 9.78. The maximum atomic E-state index is 12.3. The second-order valence-corrected chi connectivity index (χ2v) is 5.24. The first-order valence-corrected chi connectivity index (χ1v) is 6.79. The molecule has 2 rings (SSSR count). The number of rotatable bonds is 2. The van der Waals surface area contributed by atoms with Gasteiger partial charge in [0.2, 0.25) is 5.91 Å². The molecular weight excluding hydrogens is 200 g/mol. The Balaban J connectivity index is 1.86. The summed E-state index contributed by atoms with van der Waals surface area (Å²) in [6.45, 7) is 1.01. The van der Waals surface area contributed by atoms with Gasteiger partial charge in [-0.15, -0.1) is 0 Å². The van der Waals surface area contributed by atoms with Crippen molar-refractivity contribution in [3.8, 4) is 0 Å². The van der Waals surface area contributed by atoms with Gasteiger partial charge in [0.25, 0.3) is 0 Å². The highest BCUT2D eigenvalue weighted by atomic mass is 16.2. The lowest BCUT2D eigenvalue weighted by atomic mass is 9.93. The Bertz CT molecular complexity index is 230. The van der Waals surface area contributed by atoms with Crippen LogP contribution in [0, 0.1) is 0 Å². The number of amides is 1. The zero-order valence-electron chi connectivity index (χ0n) is 10.4. The molecular formula is C13H24N2O. The summed E-state index contributed by atoms with van der Waals surface area (Å²) in [7, 11) is 1.99. The topological polar surface area (TPSA) is 32.3 Å². The molecule has 1 aliphatic heterocycles. The standard InChI is InChI=1S/C13H24N2O/c1-15(11-7-3-2-4-8-11)13(16)12-9-5-6-10-14-12/h11-12,14H,2-10H2,1H3/t12-/m1/s1. The van der Waals surface area contributed by atoms with Crippen LogP contribution in [0.25, 0.3) is 0 Å². The predicted molar refractivity (Wildman–Crippen MR) is 65.3 cm³/mol. The monoisotopic (exact) mass is 224 g/mol. The van der Waals surface area contributed by atoms with Crippen LogP contribution in [0.4, 0.5) is 0 Å². The van der Waals surface area contributed by atoms with E-state index in [2.05, 4.69) is 5.32 Å². The molecule has 1 amide bonds. The molecule has 0 bridgehead atoms. The third kappa shape index (κ3) is 2.76. The van der Waals surface area contributed by atoms with Crippen LogP contribution in [-0.2, 0) is 4.79 Å². The lowest BCUT2D eigenvalue weighted by molar-refractivity contribution is -0.135. The molecule has 16 heavy (non-hydrogen) atoms. The number of likely N-dealkylation sites (N-methyl/N-ethyl adjacent to an activating group) is 1. The summed E-state index contributed by atoms with van der Waals surface area (Å²) in [5, 5.41) is 3.35. The molecule has 1 atom stereocenters. The Morgan fingerprint density at radius 3 is 2.38 bits per heavy atom. The first-order chi connectivity index (χ1) is 7.79. The van der Waals surface area contributed by atoms with E-state index in [-0.39, 0.29) is 6.04 Å². The number of nitrogens with one attached hydrogen (secondary N) is 1. The van der Waals surface area contributed by atoms with Gasteiger partial charge in [0.1, 0.15) is 0 Å². The lowest BCUT2D eigenvalue weighted by Gasteiger charge is -2.35. The summed E-state index contributed by atoms with van der Waals surface area (Å²) < 4.78 is 0. The minimum atomic E-state index is 0.0978. The molecule has 0 aromatic rings. The average Bonchev–Trinajstić information content (AvgIpc) is 2.39. The predicted octanol–water partition coefficient (Wildman–Crippen LogP) is 1.92. The van der Waals surface area contributed by atoms with E-state index >= 15 is 0 Å². The van der Waals surface area contributed by atoms with Crippen LogP contribution < -0.4 is 5.32 Å². The van der Waals surface area contributed by atoms with E-state index in [1.807, 2.05) is 11.9 Å². The maximum Gasteiger partial charge on any atom is 0.239 e. The van der Waals surface area contributed by atoms with Gasteiger partial charge in [0.05, 0.1) is 6.04 Å². The lowest BCUT2D eigenvalue weighted by Crippen LogP contribution is -2.50. The molecule has 3 nitrogen and oxygen atoms in total. The summed E-state index contributed by atoms with van der Waals surface area (Å²) in [5.74, 6) is 0.326. The van der Waals surface area contributed by atoms with Crippen LogP contribution in [0.3, 0.4) is 0 Å². The Morgan fingerprint density at radius 1 is 1.06 bits per heavy atom. The Kier molecular flexibility index (Phi) is 4.22. The molecule has 0 aromatic carbocycles. The molecule has 0 spiro atoms. The Hall–Kier alpha value is -0.570. The van der Waals surface area contributed by atoms with Crippen molar-refractivity contribution >= 4 is 5.91 Å². The number of nitrogens with zero attached hydrogens (tertiary/aromatic N) is 1. The van der Waals surface area contributed by atoms with Gasteiger partial charge in [-0.05, 0) is 32.2 Å². The molecule has 0 aromatic heterocycles. The summed E-state index contributed by atoms with van der Waals surface area (Å²) in [4.78, 5) is 14.3. The van der Waals surface area contributed by atoms with Crippen molar-refractivity contribution in [2.24, 2.45) is 0 Å². The number of hydrogen-bond acceptors (Lipinski definition) is 2. The second kappa shape index (κ2) is 5.67. The van der Waals surface area contributed by atoms with E-state index < -0.39 is 0 Å². The molecule has 92 valence electrons. The molecule has 3 heteroatoms. The van der Waals surface area contributed by atoms with Crippen molar-refractivity contribution in [2.45, 2.75) is 63.5 Å². The van der Waals surface area contributed by atoms with Gasteiger partial charge in [-0.3, -0.25) is 4.79 Å². The van der Waals surface area contributed by atoms with Crippen molar-refractivity contribution in [2.75, 3.05) is 13.6 Å². The van der Waals surface area contributed by atoms with Crippen LogP contribution in [0.5, 0.6) is 0 Å². The van der Waals surface area contributed by atoms with E-state index in [4.69, 9.17) is 0 Å². The largest absolute Gasteiger partial charge is 0.341 e. The first kappa shape index (κ1) is 11.9. The highest BCUT2D eigenvalue weighted by Crippen LogP contribution is 2.22. The highest BCUT2D eigenvalue weighted by Gasteiger charge is 2.28. The zero-order valence-corrected chi connectivity index (χ0v) is 10.4. The molecule has 0 radical (unpaired) electrons. The maximum absolute atomic E-state index is 12.3. The fraction of sp³-hybridized carbons (Fsp3) is 0.923. The van der Waals surface area contributed by atoms with Crippen LogP contribution in [0.15, 0.2) is 0 Å². The normalized spacial score (nSPS) is 27.7. The fourth-order valence-electron chi connectivity index (χ4n) is 2.96.